The Morgan fingerprint density at radius 2 is 1.79 bits per heavy atom. The molecule has 1 aromatic carbocycles. The third-order valence-electron chi connectivity index (χ3n) is 2.67. The second kappa shape index (κ2) is 4.67. The number of rotatable bonds is 2. The van der Waals surface area contributed by atoms with Gasteiger partial charge >= 0.3 is 16.1 Å². The molecule has 2 N–H and O–H groups in total. The van der Waals surface area contributed by atoms with Crippen LogP contribution in [0.2, 0.25) is 0 Å². The van der Waals surface area contributed by atoms with Crippen molar-refractivity contribution in [3.05, 3.63) is 41.2 Å². The maximum atomic E-state index is 12.3. The van der Waals surface area contributed by atoms with E-state index in [-0.39, 0.29) is 10.9 Å². The predicted octanol–water partition coefficient (Wildman–Crippen LogP) is 0.669. The van der Waals surface area contributed by atoms with Crippen molar-refractivity contribution in [2.75, 3.05) is 0 Å². The summed E-state index contributed by atoms with van der Waals surface area (Å²) in [5.74, 6) is 5.49. The Morgan fingerprint density at radius 3 is 2.26 bits per heavy atom. The van der Waals surface area contributed by atoms with Crippen molar-refractivity contribution < 1.29 is 12.6 Å². The molecule has 0 atom stereocenters. The monoisotopic (exact) mass is 281 g/mol. The van der Waals surface area contributed by atoms with Crippen LogP contribution in [0.5, 0.6) is 0 Å². The molecule has 2 rings (SSSR count). The average molecular weight is 281 g/mol. The average Bonchev–Trinajstić information content (AvgIpc) is 2.61. The zero-order valence-corrected chi connectivity index (χ0v) is 11.7. The molecule has 0 spiro atoms. The Kier molecular flexibility index (Phi) is 3.34. The number of aliphatic imine (C=N–C) groups is 1. The van der Waals surface area contributed by atoms with Gasteiger partial charge in [0.15, 0.2) is 12.4 Å². The van der Waals surface area contributed by atoms with Gasteiger partial charge in [-0.15, -0.1) is 5.01 Å². The SMILES string of the molecule is Cc1cc(C)c(S(=O)(=O)OC2=[N+]C=CN2N)c(C)c1. The standard InChI is InChI=1S/C12H15N3O3S/c1-8-6-9(2)11(10(3)7-8)19(16,17)18-12-14-4-5-15(12)13/h4-7H,13H2,1-3H3/q+1. The third-order valence-corrected chi connectivity index (χ3v) is 4.18. The third kappa shape index (κ3) is 2.61. The van der Waals surface area contributed by atoms with Gasteiger partial charge in [-0.25, -0.2) is 0 Å². The number of hydrogen-bond donors (Lipinski definition) is 1. The Balaban J connectivity index is 2.41. The van der Waals surface area contributed by atoms with Crippen molar-refractivity contribution in [1.82, 2.24) is 10.0 Å². The lowest BCUT2D eigenvalue weighted by molar-refractivity contribution is 0.414. The summed E-state index contributed by atoms with van der Waals surface area (Å²) < 4.78 is 29.5. The lowest BCUT2D eigenvalue weighted by Gasteiger charge is -2.11. The first-order chi connectivity index (χ1) is 8.81. The minimum Gasteiger partial charge on any atom is -0.300 e. The van der Waals surface area contributed by atoms with E-state index in [2.05, 4.69) is 4.99 Å². The quantitative estimate of drug-likeness (QED) is 0.636. The van der Waals surface area contributed by atoms with Crippen LogP contribution in [-0.2, 0) is 14.3 Å². The van der Waals surface area contributed by atoms with Gasteiger partial charge in [0, 0.05) is 0 Å². The molecule has 0 saturated heterocycles. The van der Waals surface area contributed by atoms with Crippen LogP contribution >= 0.6 is 0 Å². The zero-order chi connectivity index (χ0) is 14.2. The highest BCUT2D eigenvalue weighted by atomic mass is 32.2. The van der Waals surface area contributed by atoms with Crippen molar-refractivity contribution >= 4 is 16.1 Å². The van der Waals surface area contributed by atoms with Crippen LogP contribution < -0.4 is 10.8 Å². The number of hydrogen-bond acceptors (Lipinski definition) is 6. The molecule has 19 heavy (non-hydrogen) atoms. The molecule has 1 radical (unpaired) electrons. The van der Waals surface area contributed by atoms with Crippen molar-refractivity contribution in [3.8, 4) is 0 Å². The van der Waals surface area contributed by atoms with Gasteiger partial charge in [0.05, 0.1) is 0 Å². The van der Waals surface area contributed by atoms with Crippen LogP contribution in [0.15, 0.2) is 29.4 Å². The molecule has 7 heteroatoms. The fourth-order valence-electron chi connectivity index (χ4n) is 2.06. The van der Waals surface area contributed by atoms with Crippen LogP contribution in [-0.4, -0.2) is 19.4 Å². The summed E-state index contributed by atoms with van der Waals surface area (Å²) in [6.07, 6.45) is 2.76. The first-order valence-electron chi connectivity index (χ1n) is 5.62. The minimum atomic E-state index is -3.95. The van der Waals surface area contributed by atoms with Gasteiger partial charge in [0.25, 0.3) is 0 Å². The van der Waals surface area contributed by atoms with Crippen LogP contribution in [0.25, 0.3) is 0 Å². The fourth-order valence-corrected chi connectivity index (χ4v) is 3.38. The van der Waals surface area contributed by atoms with E-state index >= 15 is 0 Å². The maximum Gasteiger partial charge on any atom is 0.533 e. The Morgan fingerprint density at radius 1 is 1.21 bits per heavy atom. The Labute approximate surface area is 112 Å². The van der Waals surface area contributed by atoms with Crippen molar-refractivity contribution in [2.45, 2.75) is 25.7 Å². The molecular weight excluding hydrogens is 266 g/mol. The van der Waals surface area contributed by atoms with Crippen LogP contribution in [0.4, 0.5) is 0 Å². The largest absolute Gasteiger partial charge is 0.533 e. The number of aryl methyl sites for hydroxylation is 3. The van der Waals surface area contributed by atoms with E-state index in [4.69, 9.17) is 10.0 Å². The Bertz CT molecular complexity index is 654. The highest BCUT2D eigenvalue weighted by Crippen LogP contribution is 2.23. The number of benzene rings is 1. The number of nitrogens with zero attached hydrogens (tertiary/aromatic N) is 2. The van der Waals surface area contributed by atoms with Gasteiger partial charge in [-0.2, -0.15) is 14.3 Å². The van der Waals surface area contributed by atoms with Crippen molar-refractivity contribution in [3.63, 3.8) is 0 Å². The van der Waals surface area contributed by atoms with Crippen LogP contribution in [0.1, 0.15) is 16.7 Å². The van der Waals surface area contributed by atoms with Crippen molar-refractivity contribution in [1.29, 1.82) is 0 Å². The van der Waals surface area contributed by atoms with Crippen molar-refractivity contribution in [2.24, 2.45) is 5.84 Å². The second-order valence-corrected chi connectivity index (χ2v) is 5.87. The summed E-state index contributed by atoms with van der Waals surface area (Å²) in [6, 6.07) is 3.41. The molecule has 101 valence electrons. The van der Waals surface area contributed by atoms with E-state index in [0.29, 0.717) is 11.1 Å². The summed E-state index contributed by atoms with van der Waals surface area (Å²) in [7, 11) is -3.95. The van der Waals surface area contributed by atoms with E-state index in [1.165, 1.54) is 12.4 Å². The summed E-state index contributed by atoms with van der Waals surface area (Å²) >= 11 is 0. The number of hydrazine groups is 1. The van der Waals surface area contributed by atoms with E-state index in [9.17, 15) is 8.42 Å². The Hall–Kier alpha value is -1.86. The number of amidine groups is 1. The minimum absolute atomic E-state index is 0.154. The molecule has 1 aromatic rings. The van der Waals surface area contributed by atoms with Crippen LogP contribution in [0.3, 0.4) is 0 Å². The van der Waals surface area contributed by atoms with Gasteiger partial charge in [0.2, 0.25) is 0 Å². The summed E-state index contributed by atoms with van der Waals surface area (Å²) in [6.45, 7) is 5.36. The summed E-state index contributed by atoms with van der Waals surface area (Å²) in [5.41, 5.74) is 2.26. The molecule has 0 saturated carbocycles. The lowest BCUT2D eigenvalue weighted by Crippen LogP contribution is -2.35. The number of nitrogens with two attached hydrogens (primary N) is 1. The van der Waals surface area contributed by atoms with Gasteiger partial charge in [-0.3, -0.25) is 0 Å². The van der Waals surface area contributed by atoms with Gasteiger partial charge < -0.3 is 4.18 Å². The van der Waals surface area contributed by atoms with Gasteiger partial charge in [-0.05, 0) is 36.9 Å². The molecule has 1 aliphatic rings. The molecule has 1 aliphatic heterocycles. The summed E-state index contributed by atoms with van der Waals surface area (Å²) in [5, 5.41) is 1.01. The molecule has 0 unspecified atom stereocenters. The first kappa shape index (κ1) is 13.6. The highest BCUT2D eigenvalue weighted by molar-refractivity contribution is 7.87. The predicted molar refractivity (Wildman–Crippen MR) is 71.2 cm³/mol. The molecule has 0 bridgehead atoms. The topological polar surface area (TPSA) is 86.7 Å². The molecule has 1 heterocycles. The normalized spacial score (nSPS) is 14.7. The lowest BCUT2D eigenvalue weighted by atomic mass is 10.1. The molecular formula is C12H15N3O3S+. The maximum absolute atomic E-state index is 12.3. The highest BCUT2D eigenvalue weighted by Gasteiger charge is 2.32. The molecule has 0 fully saturated rings. The second-order valence-electron chi connectivity index (χ2n) is 4.38. The molecule has 0 amide bonds. The molecule has 0 aliphatic carbocycles. The van der Waals surface area contributed by atoms with Gasteiger partial charge in [0.1, 0.15) is 4.90 Å². The molecule has 6 nitrogen and oxygen atoms in total. The molecule has 0 aromatic heterocycles. The van der Waals surface area contributed by atoms with E-state index in [1.807, 2.05) is 6.92 Å². The fraction of sp³-hybridized carbons (Fsp3) is 0.250. The van der Waals surface area contributed by atoms with E-state index in [1.54, 1.807) is 26.0 Å². The smallest absolute Gasteiger partial charge is 0.300 e. The van der Waals surface area contributed by atoms with E-state index < -0.39 is 10.1 Å². The van der Waals surface area contributed by atoms with Gasteiger partial charge in [-0.1, -0.05) is 17.7 Å². The van der Waals surface area contributed by atoms with E-state index in [0.717, 1.165) is 10.6 Å². The first-order valence-corrected chi connectivity index (χ1v) is 7.03. The van der Waals surface area contributed by atoms with Crippen LogP contribution in [0, 0.1) is 20.8 Å². The summed E-state index contributed by atoms with van der Waals surface area (Å²) in [4.78, 5) is 3.89. The zero-order valence-electron chi connectivity index (χ0n) is 10.9.